The summed E-state index contributed by atoms with van der Waals surface area (Å²) in [6.45, 7) is 6.80. The fraction of sp³-hybridized carbons (Fsp3) is 0.294. The molecule has 0 amide bonds. The molecule has 21 heavy (non-hydrogen) atoms. The number of rotatable bonds is 5. The van der Waals surface area contributed by atoms with Gasteiger partial charge >= 0.3 is 0 Å². The molecule has 0 fully saturated rings. The molecule has 0 unspecified atom stereocenters. The van der Waals surface area contributed by atoms with Crippen LogP contribution in [0.3, 0.4) is 0 Å². The molecule has 0 aliphatic rings. The number of aryl methyl sites for hydroxylation is 1. The van der Waals surface area contributed by atoms with Crippen molar-refractivity contribution in [2.45, 2.75) is 33.4 Å². The zero-order valence-electron chi connectivity index (χ0n) is 12.4. The number of hydrogen-bond acceptors (Lipinski definition) is 2. The van der Waals surface area contributed by atoms with Crippen molar-refractivity contribution in [3.05, 3.63) is 57.0 Å². The van der Waals surface area contributed by atoms with E-state index in [1.807, 2.05) is 32.0 Å². The summed E-state index contributed by atoms with van der Waals surface area (Å²) in [7, 11) is 0. The van der Waals surface area contributed by atoms with Gasteiger partial charge in [0.2, 0.25) is 0 Å². The predicted octanol–water partition coefficient (Wildman–Crippen LogP) is 5.81. The van der Waals surface area contributed by atoms with Crippen molar-refractivity contribution in [2.75, 3.05) is 5.32 Å². The van der Waals surface area contributed by atoms with Crippen molar-refractivity contribution in [2.24, 2.45) is 0 Å². The highest BCUT2D eigenvalue weighted by Gasteiger charge is 2.05. The second-order valence-electron chi connectivity index (χ2n) is 5.25. The van der Waals surface area contributed by atoms with Gasteiger partial charge in [-0.05, 0) is 56.2 Å². The van der Waals surface area contributed by atoms with E-state index in [0.29, 0.717) is 5.02 Å². The van der Waals surface area contributed by atoms with Gasteiger partial charge < -0.3 is 10.1 Å². The van der Waals surface area contributed by atoms with Crippen LogP contribution in [0.4, 0.5) is 5.69 Å². The quantitative estimate of drug-likeness (QED) is 0.719. The van der Waals surface area contributed by atoms with Crippen LogP contribution in [-0.4, -0.2) is 6.10 Å². The highest BCUT2D eigenvalue weighted by Crippen LogP contribution is 2.28. The van der Waals surface area contributed by atoms with Crippen LogP contribution in [-0.2, 0) is 6.54 Å². The van der Waals surface area contributed by atoms with Crippen LogP contribution in [0.5, 0.6) is 5.75 Å². The van der Waals surface area contributed by atoms with Gasteiger partial charge in [-0.15, -0.1) is 0 Å². The molecular weight excluding hydrogens is 350 g/mol. The van der Waals surface area contributed by atoms with Gasteiger partial charge in [0.05, 0.1) is 11.1 Å². The average Bonchev–Trinajstić information content (AvgIpc) is 2.42. The van der Waals surface area contributed by atoms with Gasteiger partial charge in [0, 0.05) is 16.7 Å². The first-order chi connectivity index (χ1) is 9.95. The summed E-state index contributed by atoms with van der Waals surface area (Å²) in [5, 5.41) is 3.99. The normalized spacial score (nSPS) is 10.8. The molecule has 0 atom stereocenters. The Morgan fingerprint density at radius 1 is 1.19 bits per heavy atom. The van der Waals surface area contributed by atoms with Crippen LogP contribution in [0.15, 0.2) is 40.9 Å². The standard InChI is InChI=1S/C17H19BrClNO/c1-11(2)21-17-7-6-14(9-16(17)19)20-10-13-5-4-12(3)15(18)8-13/h4-9,11,20H,10H2,1-3H3. The third-order valence-corrected chi connectivity index (χ3v) is 4.18. The molecule has 0 spiro atoms. The molecule has 2 rings (SSSR count). The fourth-order valence-corrected chi connectivity index (χ4v) is 2.56. The third-order valence-electron chi connectivity index (χ3n) is 3.03. The van der Waals surface area contributed by atoms with Crippen molar-refractivity contribution < 1.29 is 4.74 Å². The largest absolute Gasteiger partial charge is 0.489 e. The van der Waals surface area contributed by atoms with E-state index in [-0.39, 0.29) is 6.10 Å². The summed E-state index contributed by atoms with van der Waals surface area (Å²) < 4.78 is 6.75. The maximum absolute atomic E-state index is 6.23. The van der Waals surface area contributed by atoms with Crippen LogP contribution in [0.1, 0.15) is 25.0 Å². The van der Waals surface area contributed by atoms with Gasteiger partial charge in [-0.2, -0.15) is 0 Å². The molecule has 0 aliphatic heterocycles. The van der Waals surface area contributed by atoms with Crippen molar-refractivity contribution in [3.8, 4) is 5.75 Å². The Balaban J connectivity index is 2.03. The summed E-state index contributed by atoms with van der Waals surface area (Å²) in [6.07, 6.45) is 0.117. The minimum Gasteiger partial charge on any atom is -0.489 e. The molecule has 2 aromatic rings. The second kappa shape index (κ2) is 7.19. The Bertz CT molecular complexity index is 628. The first-order valence-electron chi connectivity index (χ1n) is 6.91. The van der Waals surface area contributed by atoms with E-state index in [0.717, 1.165) is 22.5 Å². The molecule has 0 heterocycles. The van der Waals surface area contributed by atoms with Crippen molar-refractivity contribution in [1.29, 1.82) is 0 Å². The molecule has 2 nitrogen and oxygen atoms in total. The fourth-order valence-electron chi connectivity index (χ4n) is 1.91. The lowest BCUT2D eigenvalue weighted by atomic mass is 10.1. The number of halogens is 2. The molecule has 0 saturated carbocycles. The summed E-state index contributed by atoms with van der Waals surface area (Å²) in [5.41, 5.74) is 3.43. The van der Waals surface area contributed by atoms with E-state index >= 15 is 0 Å². The van der Waals surface area contributed by atoms with Gasteiger partial charge in [0.25, 0.3) is 0 Å². The van der Waals surface area contributed by atoms with Gasteiger partial charge in [0.1, 0.15) is 5.75 Å². The lowest BCUT2D eigenvalue weighted by Gasteiger charge is -2.13. The van der Waals surface area contributed by atoms with Crippen LogP contribution < -0.4 is 10.1 Å². The zero-order chi connectivity index (χ0) is 15.4. The summed E-state index contributed by atoms with van der Waals surface area (Å²) >= 11 is 9.78. The first-order valence-corrected chi connectivity index (χ1v) is 8.08. The Morgan fingerprint density at radius 2 is 1.95 bits per heavy atom. The van der Waals surface area contributed by atoms with Crippen molar-refractivity contribution in [1.82, 2.24) is 0 Å². The highest BCUT2D eigenvalue weighted by molar-refractivity contribution is 9.10. The molecule has 0 saturated heterocycles. The maximum atomic E-state index is 6.23. The number of nitrogens with one attached hydrogen (secondary N) is 1. The predicted molar refractivity (Wildman–Crippen MR) is 93.4 cm³/mol. The Hall–Kier alpha value is -1.19. The molecular formula is C17H19BrClNO. The van der Waals surface area contributed by atoms with Gasteiger partial charge in [-0.25, -0.2) is 0 Å². The van der Waals surface area contributed by atoms with Gasteiger partial charge in [-0.3, -0.25) is 0 Å². The van der Waals surface area contributed by atoms with Gasteiger partial charge in [0.15, 0.2) is 0 Å². The van der Waals surface area contributed by atoms with Crippen molar-refractivity contribution in [3.63, 3.8) is 0 Å². The molecule has 0 bridgehead atoms. The van der Waals surface area contributed by atoms with E-state index in [1.165, 1.54) is 11.1 Å². The molecule has 112 valence electrons. The number of anilines is 1. The number of hydrogen-bond donors (Lipinski definition) is 1. The van der Waals surface area contributed by atoms with Crippen molar-refractivity contribution >= 4 is 33.2 Å². The SMILES string of the molecule is Cc1ccc(CNc2ccc(OC(C)C)c(Cl)c2)cc1Br. The van der Waals surface area contributed by atoms with E-state index in [1.54, 1.807) is 0 Å². The van der Waals surface area contributed by atoms with Crippen LogP contribution in [0.2, 0.25) is 5.02 Å². The Kier molecular flexibility index (Phi) is 5.54. The van der Waals surface area contributed by atoms with Crippen LogP contribution in [0.25, 0.3) is 0 Å². The number of benzene rings is 2. The smallest absolute Gasteiger partial charge is 0.138 e. The summed E-state index contributed by atoms with van der Waals surface area (Å²) in [6, 6.07) is 12.1. The summed E-state index contributed by atoms with van der Waals surface area (Å²) in [5.74, 6) is 0.718. The molecule has 0 radical (unpaired) electrons. The van der Waals surface area contributed by atoms with Crippen LogP contribution in [0, 0.1) is 6.92 Å². The molecule has 0 aromatic heterocycles. The van der Waals surface area contributed by atoms with E-state index in [9.17, 15) is 0 Å². The topological polar surface area (TPSA) is 21.3 Å². The molecule has 1 N–H and O–H groups in total. The first kappa shape index (κ1) is 16.2. The van der Waals surface area contributed by atoms with Gasteiger partial charge in [-0.1, -0.05) is 39.7 Å². The Morgan fingerprint density at radius 3 is 2.57 bits per heavy atom. The zero-order valence-corrected chi connectivity index (χ0v) is 14.8. The minimum absolute atomic E-state index is 0.117. The maximum Gasteiger partial charge on any atom is 0.138 e. The Labute approximate surface area is 139 Å². The monoisotopic (exact) mass is 367 g/mol. The third kappa shape index (κ3) is 4.65. The molecule has 4 heteroatoms. The van der Waals surface area contributed by atoms with Crippen LogP contribution >= 0.6 is 27.5 Å². The number of ether oxygens (including phenoxy) is 1. The lowest BCUT2D eigenvalue weighted by molar-refractivity contribution is 0.242. The molecule has 0 aliphatic carbocycles. The summed E-state index contributed by atoms with van der Waals surface area (Å²) in [4.78, 5) is 0. The second-order valence-corrected chi connectivity index (χ2v) is 6.51. The highest BCUT2D eigenvalue weighted by atomic mass is 79.9. The van der Waals surface area contributed by atoms with E-state index in [4.69, 9.17) is 16.3 Å². The lowest BCUT2D eigenvalue weighted by Crippen LogP contribution is -2.06. The molecule has 2 aromatic carbocycles. The van der Waals surface area contributed by atoms with E-state index in [2.05, 4.69) is 46.4 Å². The minimum atomic E-state index is 0.117. The average molecular weight is 369 g/mol. The van der Waals surface area contributed by atoms with E-state index < -0.39 is 0 Å².